The van der Waals surface area contributed by atoms with Gasteiger partial charge in [-0.15, -0.1) is 0 Å². The van der Waals surface area contributed by atoms with Crippen LogP contribution in [0.25, 0.3) is 10.8 Å². The number of hydrogen-bond donors (Lipinski definition) is 3. The van der Waals surface area contributed by atoms with Gasteiger partial charge in [-0.1, -0.05) is 32.9 Å². The van der Waals surface area contributed by atoms with Crippen LogP contribution in [0.15, 0.2) is 36.5 Å². The van der Waals surface area contributed by atoms with E-state index in [9.17, 15) is 32.0 Å². The van der Waals surface area contributed by atoms with E-state index in [1.54, 1.807) is 6.07 Å². The monoisotopic (exact) mass is 769 g/mol. The number of nitrogens with zero attached hydrogens (tertiary/aromatic N) is 2. The second-order valence-electron chi connectivity index (χ2n) is 16.1. The van der Waals surface area contributed by atoms with Gasteiger partial charge >= 0.3 is 6.09 Å². The normalized spacial score (nSPS) is 31.2. The van der Waals surface area contributed by atoms with Crippen LogP contribution in [0, 0.1) is 29.0 Å². The highest BCUT2D eigenvalue weighted by atomic mass is 32.2. The summed E-state index contributed by atoms with van der Waals surface area (Å²) in [5.74, 6) is -3.19. The first-order valence-corrected chi connectivity index (χ1v) is 20.2. The molecule has 3 saturated carbocycles. The minimum atomic E-state index is -3.92. The third kappa shape index (κ3) is 7.71. The fourth-order valence-corrected chi connectivity index (χ4v) is 8.89. The Morgan fingerprint density at radius 1 is 1.13 bits per heavy atom. The Bertz CT molecular complexity index is 1990. The van der Waals surface area contributed by atoms with Crippen LogP contribution >= 0.6 is 0 Å². The molecule has 1 saturated heterocycles. The van der Waals surface area contributed by atoms with Gasteiger partial charge in [0.25, 0.3) is 5.91 Å². The number of halogens is 1. The molecule has 1 aromatic heterocycles. The lowest BCUT2D eigenvalue weighted by molar-refractivity contribution is -0.142. The molecule has 4 amide bonds. The summed E-state index contributed by atoms with van der Waals surface area (Å²) in [4.78, 5) is 61.7. The Morgan fingerprint density at radius 2 is 1.89 bits per heavy atom. The average Bonchev–Trinajstić information content (AvgIpc) is 4.07. The number of amides is 4. The lowest BCUT2D eigenvalue weighted by Crippen LogP contribution is -2.59. The van der Waals surface area contributed by atoms with E-state index in [0.29, 0.717) is 36.5 Å². The highest BCUT2D eigenvalue weighted by Crippen LogP contribution is 2.47. The Labute approximate surface area is 314 Å². The van der Waals surface area contributed by atoms with E-state index in [1.165, 1.54) is 30.3 Å². The van der Waals surface area contributed by atoms with Gasteiger partial charge in [0.05, 0.1) is 30.9 Å². The van der Waals surface area contributed by atoms with E-state index >= 15 is 0 Å². The number of sulfonamides is 1. The van der Waals surface area contributed by atoms with Crippen molar-refractivity contribution >= 4 is 44.6 Å². The summed E-state index contributed by atoms with van der Waals surface area (Å²) in [5.41, 5.74) is -1.63. The van der Waals surface area contributed by atoms with E-state index in [-0.39, 0.29) is 54.9 Å². The minimum absolute atomic E-state index is 0.0415. The second-order valence-corrected chi connectivity index (χ2v) is 18.1. The molecule has 54 heavy (non-hydrogen) atoms. The van der Waals surface area contributed by atoms with Gasteiger partial charge in [-0.25, -0.2) is 22.6 Å². The Morgan fingerprint density at radius 3 is 2.59 bits per heavy atom. The molecular formula is C38H48FN5O9S. The SMILES string of the molecule is COc1cc(F)cc2c(O[C@@H]3C[C@H]4C(=O)N[C@]5(C(=O)NS(=O)(=O)C6CC6)C[C@H]5/C=C\CC[C@@H](C)[C@@H](C)[C@H](NC(=O)OCC5(C)CC5)C(=O)N4C3)nccc12. The first-order valence-electron chi connectivity index (χ1n) is 18.7. The summed E-state index contributed by atoms with van der Waals surface area (Å²) in [6.45, 7) is 5.99. The predicted octanol–water partition coefficient (Wildman–Crippen LogP) is 3.73. The Hall–Kier alpha value is -4.47. The maximum atomic E-state index is 14.7. The minimum Gasteiger partial charge on any atom is -0.496 e. The van der Waals surface area contributed by atoms with Crippen molar-refractivity contribution in [2.24, 2.45) is 23.2 Å². The molecule has 2 aliphatic heterocycles. The number of rotatable bonds is 9. The number of fused-ring (bicyclic) bond motifs is 3. The van der Waals surface area contributed by atoms with E-state index in [0.717, 1.165) is 12.8 Å². The molecule has 292 valence electrons. The molecule has 1 aromatic carbocycles. The largest absolute Gasteiger partial charge is 0.496 e. The molecule has 0 radical (unpaired) electrons. The van der Waals surface area contributed by atoms with Crippen LogP contribution in [0.1, 0.15) is 72.1 Å². The van der Waals surface area contributed by atoms with Gasteiger partial charge in [0, 0.05) is 35.4 Å². The fourth-order valence-electron chi connectivity index (χ4n) is 7.53. The molecule has 3 heterocycles. The van der Waals surface area contributed by atoms with Crippen molar-refractivity contribution in [1.82, 2.24) is 25.2 Å². The summed E-state index contributed by atoms with van der Waals surface area (Å²) in [5, 5.41) is 5.87. The van der Waals surface area contributed by atoms with E-state index in [1.807, 2.05) is 32.9 Å². The van der Waals surface area contributed by atoms with Crippen LogP contribution < -0.4 is 24.8 Å². The van der Waals surface area contributed by atoms with Gasteiger partial charge in [-0.05, 0) is 68.9 Å². The lowest BCUT2D eigenvalue weighted by Gasteiger charge is -2.34. The van der Waals surface area contributed by atoms with Gasteiger partial charge < -0.3 is 29.7 Å². The summed E-state index contributed by atoms with van der Waals surface area (Å²) >= 11 is 0. The molecule has 14 nitrogen and oxygen atoms in total. The van der Waals surface area contributed by atoms with Gasteiger partial charge in [-0.3, -0.25) is 19.1 Å². The molecule has 3 N–H and O–H groups in total. The number of carbonyl (C=O) groups excluding carboxylic acids is 4. The van der Waals surface area contributed by atoms with Crippen molar-refractivity contribution in [3.63, 3.8) is 0 Å². The van der Waals surface area contributed by atoms with Gasteiger partial charge in [0.1, 0.15) is 35.3 Å². The van der Waals surface area contributed by atoms with Crippen molar-refractivity contribution in [3.8, 4) is 11.6 Å². The van der Waals surface area contributed by atoms with Crippen LogP contribution in [0.3, 0.4) is 0 Å². The molecule has 0 bridgehead atoms. The molecule has 7 rings (SSSR count). The summed E-state index contributed by atoms with van der Waals surface area (Å²) in [6, 6.07) is 1.90. The number of carbonyl (C=O) groups is 4. The van der Waals surface area contributed by atoms with Crippen molar-refractivity contribution in [1.29, 1.82) is 0 Å². The third-order valence-corrected chi connectivity index (χ3v) is 13.7. The smallest absolute Gasteiger partial charge is 0.407 e. The number of allylic oxidation sites excluding steroid dienone is 1. The number of hydrogen-bond acceptors (Lipinski definition) is 10. The van der Waals surface area contributed by atoms with Gasteiger partial charge in [0.2, 0.25) is 27.7 Å². The number of benzene rings is 1. The zero-order valence-corrected chi connectivity index (χ0v) is 31.7. The first-order chi connectivity index (χ1) is 25.6. The van der Waals surface area contributed by atoms with Gasteiger partial charge in [-0.2, -0.15) is 0 Å². The van der Waals surface area contributed by atoms with Crippen LogP contribution in [-0.4, -0.2) is 91.4 Å². The molecule has 4 fully saturated rings. The Balaban J connectivity index is 1.21. The molecule has 0 unspecified atom stereocenters. The number of pyridine rings is 1. The van der Waals surface area contributed by atoms with Crippen molar-refractivity contribution < 1.29 is 46.2 Å². The highest BCUT2D eigenvalue weighted by Gasteiger charge is 2.62. The second kappa shape index (κ2) is 14.3. The van der Waals surface area contributed by atoms with Crippen LogP contribution in [0.5, 0.6) is 11.6 Å². The zero-order valence-electron chi connectivity index (χ0n) is 30.9. The first kappa shape index (κ1) is 37.8. The molecule has 0 spiro atoms. The van der Waals surface area contributed by atoms with Crippen molar-refractivity contribution in [2.45, 2.75) is 101 Å². The molecular weight excluding hydrogens is 722 g/mol. The standard InChI is InChI=1S/C38H48FN5O9S/c1-21-7-5-6-8-23-18-38(23,35(47)43-54(49,50)26-9-10-26)42-32(45)29-17-25(53-33-28-15-24(39)16-30(51-4)27(28)11-14-40-33)19-44(29)34(46)31(22(21)2)41-36(48)52-20-37(3)12-13-37/h6,8,11,14-16,21-23,25-26,29,31H,5,7,9-10,12-13,17-20H2,1-4H3,(H,41,48)(H,42,45)(H,43,47)/b8-6-/t21-,22-,23-,25-,29+,31+,38-/m1/s1. The van der Waals surface area contributed by atoms with Crippen molar-refractivity contribution in [2.75, 3.05) is 20.3 Å². The van der Waals surface area contributed by atoms with E-state index in [2.05, 4.69) is 20.3 Å². The van der Waals surface area contributed by atoms with Gasteiger partial charge in [0.15, 0.2) is 0 Å². The fraction of sp³-hybridized carbons (Fsp3) is 0.605. The summed E-state index contributed by atoms with van der Waals surface area (Å²) in [6.07, 6.45) is 7.82. The number of methoxy groups -OCH3 is 1. The maximum absolute atomic E-state index is 14.7. The van der Waals surface area contributed by atoms with E-state index in [4.69, 9.17) is 14.2 Å². The topological polar surface area (TPSA) is 182 Å². The average molecular weight is 770 g/mol. The molecule has 3 aliphatic carbocycles. The highest BCUT2D eigenvalue weighted by molar-refractivity contribution is 7.91. The maximum Gasteiger partial charge on any atom is 0.407 e. The molecule has 16 heteroatoms. The Kier molecular flexibility index (Phi) is 10.0. The third-order valence-electron chi connectivity index (χ3n) is 11.9. The predicted molar refractivity (Wildman–Crippen MR) is 194 cm³/mol. The van der Waals surface area contributed by atoms with E-state index < -0.39 is 74.5 Å². The van der Waals surface area contributed by atoms with Crippen LogP contribution in [-0.2, 0) is 29.1 Å². The van der Waals surface area contributed by atoms with Crippen molar-refractivity contribution in [3.05, 3.63) is 42.4 Å². The lowest BCUT2D eigenvalue weighted by atomic mass is 9.85. The number of ether oxygens (including phenoxy) is 3. The number of nitrogens with one attached hydrogen (secondary N) is 3. The summed E-state index contributed by atoms with van der Waals surface area (Å²) in [7, 11) is -2.50. The van der Waals surface area contributed by atoms with Crippen LogP contribution in [0.4, 0.5) is 9.18 Å². The van der Waals surface area contributed by atoms with Crippen LogP contribution in [0.2, 0.25) is 0 Å². The zero-order chi connectivity index (χ0) is 38.6. The molecule has 5 aliphatic rings. The number of aromatic nitrogens is 1. The quantitative estimate of drug-likeness (QED) is 0.318. The molecule has 7 atom stereocenters. The number of alkyl carbamates (subject to hydrolysis) is 1. The molecule has 2 aromatic rings. The summed E-state index contributed by atoms with van der Waals surface area (Å²) < 4.78 is 59.8.